The Balaban J connectivity index is 1.43. The Bertz CT molecular complexity index is 1020. The largest absolute Gasteiger partial charge is 0.490 e. The molecule has 0 heterocycles. The van der Waals surface area contributed by atoms with Crippen molar-refractivity contribution in [2.45, 2.75) is 13.3 Å². The molecule has 0 unspecified atom stereocenters. The lowest BCUT2D eigenvalue weighted by atomic mass is 10.2. The molecule has 0 aromatic heterocycles. The number of carbonyl (C=O) groups excluding carboxylic acids is 2. The second-order valence-electron chi connectivity index (χ2n) is 6.92. The Hall–Kier alpha value is -4.00. The molecule has 0 fully saturated rings. The van der Waals surface area contributed by atoms with Crippen molar-refractivity contribution in [1.82, 2.24) is 0 Å². The molecule has 0 saturated heterocycles. The summed E-state index contributed by atoms with van der Waals surface area (Å²) in [5, 5.41) is 8.67. The van der Waals surface area contributed by atoms with E-state index in [1.165, 1.54) is 0 Å². The summed E-state index contributed by atoms with van der Waals surface area (Å²) >= 11 is 0. The third-order valence-electron chi connectivity index (χ3n) is 4.40. The molecule has 0 radical (unpaired) electrons. The monoisotopic (exact) mass is 433 g/mol. The van der Waals surface area contributed by atoms with E-state index in [2.05, 4.69) is 16.0 Å². The van der Waals surface area contributed by atoms with Gasteiger partial charge in [-0.1, -0.05) is 37.3 Å². The number of amides is 2. The van der Waals surface area contributed by atoms with E-state index in [1.54, 1.807) is 31.2 Å². The fourth-order valence-electron chi connectivity index (χ4n) is 2.84. The molecule has 2 amide bonds. The molecule has 0 aliphatic rings. The number of para-hydroxylation sites is 1. The van der Waals surface area contributed by atoms with E-state index in [-0.39, 0.29) is 18.4 Å². The number of rotatable bonds is 11. The number of anilines is 3. The van der Waals surface area contributed by atoms with Crippen LogP contribution in [0.4, 0.5) is 17.1 Å². The highest BCUT2D eigenvalue weighted by atomic mass is 16.5. The van der Waals surface area contributed by atoms with Crippen LogP contribution in [-0.2, 0) is 9.59 Å². The molecule has 0 bridgehead atoms. The van der Waals surface area contributed by atoms with E-state index in [9.17, 15) is 9.59 Å². The summed E-state index contributed by atoms with van der Waals surface area (Å²) in [5.74, 6) is 1.21. The zero-order valence-electron chi connectivity index (χ0n) is 18.0. The Morgan fingerprint density at radius 1 is 0.688 bits per heavy atom. The van der Waals surface area contributed by atoms with Gasteiger partial charge in [-0.3, -0.25) is 9.59 Å². The molecule has 0 spiro atoms. The van der Waals surface area contributed by atoms with E-state index < -0.39 is 0 Å². The van der Waals surface area contributed by atoms with Crippen LogP contribution in [0.1, 0.15) is 13.3 Å². The number of hydrogen-bond donors (Lipinski definition) is 3. The topological polar surface area (TPSA) is 88.7 Å². The second kappa shape index (κ2) is 12.0. The summed E-state index contributed by atoms with van der Waals surface area (Å²) in [7, 11) is 0. The summed E-state index contributed by atoms with van der Waals surface area (Å²) in [6, 6.07) is 24.0. The summed E-state index contributed by atoms with van der Waals surface area (Å²) in [6.07, 6.45) is 0.392. The molecule has 3 aromatic rings. The van der Waals surface area contributed by atoms with Crippen LogP contribution in [0.15, 0.2) is 78.9 Å². The molecule has 3 rings (SSSR count). The predicted octanol–water partition coefficient (Wildman–Crippen LogP) is 4.54. The predicted molar refractivity (Wildman–Crippen MR) is 126 cm³/mol. The van der Waals surface area contributed by atoms with Crippen LogP contribution >= 0.6 is 0 Å². The van der Waals surface area contributed by atoms with Gasteiger partial charge in [0.15, 0.2) is 0 Å². The number of nitrogens with one attached hydrogen (secondary N) is 3. The van der Waals surface area contributed by atoms with Gasteiger partial charge in [0.05, 0.1) is 6.54 Å². The molecule has 3 aromatic carbocycles. The van der Waals surface area contributed by atoms with Gasteiger partial charge in [-0.2, -0.15) is 0 Å². The third kappa shape index (κ3) is 7.68. The van der Waals surface area contributed by atoms with Gasteiger partial charge in [-0.05, 0) is 42.5 Å². The third-order valence-corrected chi connectivity index (χ3v) is 4.40. The first-order chi connectivity index (χ1) is 15.6. The molecule has 0 atom stereocenters. The lowest BCUT2D eigenvalue weighted by molar-refractivity contribution is -0.116. The van der Waals surface area contributed by atoms with Crippen LogP contribution in [-0.4, -0.2) is 31.6 Å². The minimum Gasteiger partial charge on any atom is -0.490 e. The van der Waals surface area contributed by atoms with E-state index in [1.807, 2.05) is 54.6 Å². The normalized spacial score (nSPS) is 10.2. The molecular formula is C25H27N3O4. The van der Waals surface area contributed by atoms with Crippen LogP contribution in [0.5, 0.6) is 11.5 Å². The van der Waals surface area contributed by atoms with Crippen molar-refractivity contribution in [2.24, 2.45) is 0 Å². The number of ether oxygens (including phenoxy) is 2. The average Bonchev–Trinajstić information content (AvgIpc) is 2.82. The van der Waals surface area contributed by atoms with E-state index in [0.29, 0.717) is 36.8 Å². The maximum Gasteiger partial charge on any atom is 0.243 e. The first kappa shape index (κ1) is 22.7. The maximum absolute atomic E-state index is 12.3. The second-order valence-corrected chi connectivity index (χ2v) is 6.92. The summed E-state index contributed by atoms with van der Waals surface area (Å²) < 4.78 is 11.3. The van der Waals surface area contributed by atoms with Crippen molar-refractivity contribution >= 4 is 28.9 Å². The number of carbonyl (C=O) groups is 2. The van der Waals surface area contributed by atoms with Crippen molar-refractivity contribution in [1.29, 1.82) is 0 Å². The van der Waals surface area contributed by atoms with E-state index in [4.69, 9.17) is 9.47 Å². The Kier molecular flexibility index (Phi) is 8.50. The molecule has 166 valence electrons. The van der Waals surface area contributed by atoms with Crippen molar-refractivity contribution in [3.63, 3.8) is 0 Å². The highest BCUT2D eigenvalue weighted by molar-refractivity contribution is 5.95. The standard InChI is InChI=1S/C25H27N3O4/c1-2-24(29)27-20-9-6-10-21(16-20)28-25(30)18-26-19-8-7-13-23(17-19)32-15-14-31-22-11-4-3-5-12-22/h3-13,16-17,26H,2,14-15,18H2,1H3,(H,27,29)(H,28,30). The van der Waals surface area contributed by atoms with Crippen molar-refractivity contribution < 1.29 is 19.1 Å². The molecule has 32 heavy (non-hydrogen) atoms. The minimum atomic E-state index is -0.202. The molecule has 0 aliphatic heterocycles. The van der Waals surface area contributed by atoms with Gasteiger partial charge in [-0.25, -0.2) is 0 Å². The van der Waals surface area contributed by atoms with Gasteiger partial charge >= 0.3 is 0 Å². The summed E-state index contributed by atoms with van der Waals surface area (Å²) in [5.41, 5.74) is 2.02. The Morgan fingerprint density at radius 2 is 1.28 bits per heavy atom. The van der Waals surface area contributed by atoms with Crippen LogP contribution in [0, 0.1) is 0 Å². The molecule has 0 aliphatic carbocycles. The van der Waals surface area contributed by atoms with Gasteiger partial charge in [0.2, 0.25) is 11.8 Å². The van der Waals surface area contributed by atoms with Crippen LogP contribution in [0.3, 0.4) is 0 Å². The zero-order chi connectivity index (χ0) is 22.6. The lowest BCUT2D eigenvalue weighted by Crippen LogP contribution is -2.21. The zero-order valence-corrected chi connectivity index (χ0v) is 18.0. The summed E-state index contributed by atoms with van der Waals surface area (Å²) in [4.78, 5) is 23.8. The van der Waals surface area contributed by atoms with Crippen LogP contribution in [0.2, 0.25) is 0 Å². The fourth-order valence-corrected chi connectivity index (χ4v) is 2.84. The molecule has 0 saturated carbocycles. The van der Waals surface area contributed by atoms with E-state index in [0.717, 1.165) is 11.4 Å². The SMILES string of the molecule is CCC(=O)Nc1cccc(NC(=O)CNc2cccc(OCCOc3ccccc3)c2)c1. The van der Waals surface area contributed by atoms with Crippen molar-refractivity contribution in [2.75, 3.05) is 35.7 Å². The minimum absolute atomic E-state index is 0.0797. The van der Waals surface area contributed by atoms with E-state index >= 15 is 0 Å². The first-order valence-electron chi connectivity index (χ1n) is 10.5. The van der Waals surface area contributed by atoms with Crippen molar-refractivity contribution in [3.8, 4) is 11.5 Å². The lowest BCUT2D eigenvalue weighted by Gasteiger charge is -2.11. The molecule has 7 heteroatoms. The van der Waals surface area contributed by atoms with Gasteiger partial charge in [0, 0.05) is 29.5 Å². The maximum atomic E-state index is 12.3. The van der Waals surface area contributed by atoms with Crippen LogP contribution in [0.25, 0.3) is 0 Å². The number of benzene rings is 3. The molecular weight excluding hydrogens is 406 g/mol. The molecule has 3 N–H and O–H groups in total. The Labute approximate surface area is 187 Å². The van der Waals surface area contributed by atoms with Gasteiger partial charge < -0.3 is 25.4 Å². The highest BCUT2D eigenvalue weighted by Crippen LogP contribution is 2.18. The van der Waals surface area contributed by atoms with Crippen LogP contribution < -0.4 is 25.4 Å². The van der Waals surface area contributed by atoms with Gasteiger partial charge in [-0.15, -0.1) is 0 Å². The fraction of sp³-hybridized carbons (Fsp3) is 0.200. The highest BCUT2D eigenvalue weighted by Gasteiger charge is 2.05. The van der Waals surface area contributed by atoms with Gasteiger partial charge in [0.1, 0.15) is 24.7 Å². The quantitative estimate of drug-likeness (QED) is 0.386. The smallest absolute Gasteiger partial charge is 0.243 e. The number of hydrogen-bond acceptors (Lipinski definition) is 5. The Morgan fingerprint density at radius 3 is 2.00 bits per heavy atom. The summed E-state index contributed by atoms with van der Waals surface area (Å²) in [6.45, 7) is 2.71. The molecule has 7 nitrogen and oxygen atoms in total. The first-order valence-corrected chi connectivity index (χ1v) is 10.5. The average molecular weight is 434 g/mol. The van der Waals surface area contributed by atoms with Gasteiger partial charge in [0.25, 0.3) is 0 Å². The van der Waals surface area contributed by atoms with Crippen molar-refractivity contribution in [3.05, 3.63) is 78.9 Å².